The lowest BCUT2D eigenvalue weighted by atomic mass is 10.2. The molecule has 3 rings (SSSR count). The fourth-order valence-corrected chi connectivity index (χ4v) is 2.34. The summed E-state index contributed by atoms with van der Waals surface area (Å²) in [7, 11) is 0. The average molecular weight is 338 g/mol. The molecule has 6 nitrogen and oxygen atoms in total. The zero-order valence-electron chi connectivity index (χ0n) is 13.4. The Kier molecular flexibility index (Phi) is 4.65. The fraction of sp³-hybridized carbons (Fsp3) is 0.111. The number of nitrogens with zero attached hydrogens (tertiary/aromatic N) is 3. The Hall–Kier alpha value is -3.35. The SMILES string of the molecule is Cc1ccnc(NC(=O)c2cccn(Cc3cccc(F)c3)c2=O)n1. The summed E-state index contributed by atoms with van der Waals surface area (Å²) in [6.07, 6.45) is 3.07. The van der Waals surface area contributed by atoms with Crippen LogP contribution in [0.3, 0.4) is 0 Å². The number of carbonyl (C=O) groups is 1. The second kappa shape index (κ2) is 7.04. The van der Waals surface area contributed by atoms with E-state index in [1.165, 1.54) is 29.0 Å². The maximum atomic E-state index is 13.3. The molecule has 1 aromatic carbocycles. The molecule has 25 heavy (non-hydrogen) atoms. The van der Waals surface area contributed by atoms with Crippen molar-refractivity contribution in [2.75, 3.05) is 5.32 Å². The number of carbonyl (C=O) groups excluding carboxylic acids is 1. The average Bonchev–Trinajstić information content (AvgIpc) is 2.57. The van der Waals surface area contributed by atoms with Crippen molar-refractivity contribution in [2.24, 2.45) is 0 Å². The maximum absolute atomic E-state index is 13.3. The number of rotatable bonds is 4. The van der Waals surface area contributed by atoms with Gasteiger partial charge in [0.1, 0.15) is 11.4 Å². The third kappa shape index (κ3) is 3.95. The molecule has 0 atom stereocenters. The summed E-state index contributed by atoms with van der Waals surface area (Å²) >= 11 is 0. The van der Waals surface area contributed by atoms with Crippen LogP contribution >= 0.6 is 0 Å². The number of nitrogens with one attached hydrogen (secondary N) is 1. The Morgan fingerprint density at radius 1 is 1.24 bits per heavy atom. The highest BCUT2D eigenvalue weighted by molar-refractivity contribution is 6.03. The van der Waals surface area contributed by atoms with Crippen LogP contribution in [0.5, 0.6) is 0 Å². The van der Waals surface area contributed by atoms with Crippen molar-refractivity contribution in [2.45, 2.75) is 13.5 Å². The number of hydrogen-bond donors (Lipinski definition) is 1. The van der Waals surface area contributed by atoms with E-state index in [0.717, 1.165) is 0 Å². The van der Waals surface area contributed by atoms with E-state index in [-0.39, 0.29) is 23.9 Å². The van der Waals surface area contributed by atoms with Gasteiger partial charge in [-0.2, -0.15) is 0 Å². The van der Waals surface area contributed by atoms with Crippen LogP contribution in [0, 0.1) is 12.7 Å². The summed E-state index contributed by atoms with van der Waals surface area (Å²) in [5.41, 5.74) is 0.810. The molecule has 2 aromatic heterocycles. The van der Waals surface area contributed by atoms with E-state index in [9.17, 15) is 14.0 Å². The van der Waals surface area contributed by atoms with E-state index < -0.39 is 11.5 Å². The van der Waals surface area contributed by atoms with Crippen molar-refractivity contribution >= 4 is 11.9 Å². The molecular formula is C18H15FN4O2. The number of pyridine rings is 1. The van der Waals surface area contributed by atoms with Crippen LogP contribution in [0.2, 0.25) is 0 Å². The number of anilines is 1. The molecule has 126 valence electrons. The third-order valence-corrected chi connectivity index (χ3v) is 3.53. The lowest BCUT2D eigenvalue weighted by Crippen LogP contribution is -2.29. The second-order valence-corrected chi connectivity index (χ2v) is 5.46. The van der Waals surface area contributed by atoms with Gasteiger partial charge in [0.15, 0.2) is 0 Å². The summed E-state index contributed by atoms with van der Waals surface area (Å²) in [4.78, 5) is 32.9. The van der Waals surface area contributed by atoms with Gasteiger partial charge < -0.3 is 4.57 Å². The van der Waals surface area contributed by atoms with Crippen molar-refractivity contribution in [1.82, 2.24) is 14.5 Å². The van der Waals surface area contributed by atoms with Crippen LogP contribution in [-0.2, 0) is 6.54 Å². The van der Waals surface area contributed by atoms with E-state index in [1.807, 2.05) is 0 Å². The van der Waals surface area contributed by atoms with Crippen molar-refractivity contribution in [1.29, 1.82) is 0 Å². The standard InChI is InChI=1S/C18H15FN4O2/c1-12-7-8-20-18(21-12)22-16(24)15-6-3-9-23(17(15)25)11-13-4-2-5-14(19)10-13/h2-10H,11H2,1H3,(H,20,21,22,24). The predicted molar refractivity (Wildman–Crippen MR) is 90.9 cm³/mol. The van der Waals surface area contributed by atoms with Gasteiger partial charge in [-0.15, -0.1) is 0 Å². The quantitative estimate of drug-likeness (QED) is 0.792. The highest BCUT2D eigenvalue weighted by atomic mass is 19.1. The number of benzene rings is 1. The minimum atomic E-state index is -0.593. The smallest absolute Gasteiger partial charge is 0.263 e. The van der Waals surface area contributed by atoms with Crippen LogP contribution in [0.15, 0.2) is 59.7 Å². The first kappa shape index (κ1) is 16.5. The first-order chi connectivity index (χ1) is 12.0. The van der Waals surface area contributed by atoms with Gasteiger partial charge in [0.25, 0.3) is 11.5 Å². The second-order valence-electron chi connectivity index (χ2n) is 5.46. The van der Waals surface area contributed by atoms with Crippen molar-refractivity contribution in [3.05, 3.63) is 87.9 Å². The predicted octanol–water partition coefficient (Wildman–Crippen LogP) is 2.39. The van der Waals surface area contributed by atoms with Gasteiger partial charge in [0.05, 0.1) is 6.54 Å². The van der Waals surface area contributed by atoms with Crippen LogP contribution in [0.25, 0.3) is 0 Å². The molecule has 7 heteroatoms. The zero-order chi connectivity index (χ0) is 17.8. The summed E-state index contributed by atoms with van der Waals surface area (Å²) < 4.78 is 14.6. The van der Waals surface area contributed by atoms with E-state index in [0.29, 0.717) is 11.3 Å². The van der Waals surface area contributed by atoms with Crippen LogP contribution in [0.4, 0.5) is 10.3 Å². The number of halogens is 1. The molecule has 0 aliphatic carbocycles. The Bertz CT molecular complexity index is 985. The summed E-state index contributed by atoms with van der Waals surface area (Å²) in [6.45, 7) is 1.94. The number of hydrogen-bond acceptors (Lipinski definition) is 4. The minimum absolute atomic E-state index is 0.0380. The first-order valence-corrected chi connectivity index (χ1v) is 7.58. The van der Waals surface area contributed by atoms with E-state index in [1.54, 1.807) is 37.4 Å². The molecule has 0 aliphatic heterocycles. The molecule has 1 amide bonds. The van der Waals surface area contributed by atoms with Crippen LogP contribution < -0.4 is 10.9 Å². The molecule has 0 spiro atoms. The van der Waals surface area contributed by atoms with Gasteiger partial charge in [0, 0.05) is 18.1 Å². The monoisotopic (exact) mass is 338 g/mol. The molecule has 0 fully saturated rings. The summed E-state index contributed by atoms with van der Waals surface area (Å²) in [6, 6.07) is 10.7. The fourth-order valence-electron chi connectivity index (χ4n) is 2.34. The van der Waals surface area contributed by atoms with Crippen molar-refractivity contribution in [3.8, 4) is 0 Å². The molecule has 3 aromatic rings. The largest absolute Gasteiger partial charge is 0.310 e. The van der Waals surface area contributed by atoms with E-state index in [4.69, 9.17) is 0 Å². The van der Waals surface area contributed by atoms with Gasteiger partial charge >= 0.3 is 0 Å². The molecular weight excluding hydrogens is 323 g/mol. The van der Waals surface area contributed by atoms with Gasteiger partial charge in [-0.05, 0) is 42.8 Å². The number of amides is 1. The molecule has 1 N–H and O–H groups in total. The minimum Gasteiger partial charge on any atom is -0.310 e. The normalized spacial score (nSPS) is 10.5. The number of aryl methyl sites for hydroxylation is 1. The molecule has 0 saturated carbocycles. The highest BCUT2D eigenvalue weighted by Crippen LogP contribution is 2.06. The topological polar surface area (TPSA) is 76.9 Å². The van der Waals surface area contributed by atoms with E-state index >= 15 is 0 Å². The molecule has 0 aliphatic rings. The van der Waals surface area contributed by atoms with Gasteiger partial charge in [-0.25, -0.2) is 14.4 Å². The van der Waals surface area contributed by atoms with Crippen LogP contribution in [0.1, 0.15) is 21.6 Å². The Balaban J connectivity index is 1.85. The Morgan fingerprint density at radius 2 is 2.08 bits per heavy atom. The molecule has 0 radical (unpaired) electrons. The molecule has 0 saturated heterocycles. The summed E-state index contributed by atoms with van der Waals surface area (Å²) in [5, 5.41) is 2.51. The molecule has 0 bridgehead atoms. The van der Waals surface area contributed by atoms with Gasteiger partial charge in [0.2, 0.25) is 5.95 Å². The third-order valence-electron chi connectivity index (χ3n) is 3.53. The summed E-state index contributed by atoms with van der Waals surface area (Å²) in [5.74, 6) is -0.842. The van der Waals surface area contributed by atoms with Gasteiger partial charge in [-0.1, -0.05) is 12.1 Å². The lowest BCUT2D eigenvalue weighted by Gasteiger charge is -2.08. The van der Waals surface area contributed by atoms with Crippen LogP contribution in [-0.4, -0.2) is 20.4 Å². The van der Waals surface area contributed by atoms with Crippen molar-refractivity contribution < 1.29 is 9.18 Å². The van der Waals surface area contributed by atoms with Crippen molar-refractivity contribution in [3.63, 3.8) is 0 Å². The zero-order valence-corrected chi connectivity index (χ0v) is 13.4. The lowest BCUT2D eigenvalue weighted by molar-refractivity contribution is 0.102. The van der Waals surface area contributed by atoms with E-state index in [2.05, 4.69) is 15.3 Å². The molecule has 2 heterocycles. The number of aromatic nitrogens is 3. The molecule has 0 unspecified atom stereocenters. The van der Waals surface area contributed by atoms with Gasteiger partial charge in [-0.3, -0.25) is 14.9 Å². The highest BCUT2D eigenvalue weighted by Gasteiger charge is 2.14. The first-order valence-electron chi connectivity index (χ1n) is 7.58. The maximum Gasteiger partial charge on any atom is 0.263 e. The Morgan fingerprint density at radius 3 is 2.84 bits per heavy atom. The Labute approximate surface area is 143 Å².